The number of aryl methyl sites for hydroxylation is 2. The molecule has 8 heteroatoms. The summed E-state index contributed by atoms with van der Waals surface area (Å²) < 4.78 is 45.0. The molecule has 0 atom stereocenters. The second-order valence-corrected chi connectivity index (χ2v) is 6.07. The zero-order valence-electron chi connectivity index (χ0n) is 15.9. The van der Waals surface area contributed by atoms with Crippen LogP contribution in [0.5, 0.6) is 5.75 Å². The van der Waals surface area contributed by atoms with Gasteiger partial charge in [0.1, 0.15) is 5.75 Å². The van der Waals surface area contributed by atoms with Crippen LogP contribution >= 0.6 is 0 Å². The average Bonchev–Trinajstić information content (AvgIpc) is 2.66. The smallest absolute Gasteiger partial charge is 0.452 e. The lowest BCUT2D eigenvalue weighted by atomic mass is 10.1. The molecule has 0 radical (unpaired) electrons. The molecule has 5 nitrogen and oxygen atoms in total. The second-order valence-electron chi connectivity index (χ2n) is 6.07. The third-order valence-corrected chi connectivity index (χ3v) is 3.88. The first kappa shape index (κ1) is 22.0. The van der Waals surface area contributed by atoms with Crippen LogP contribution in [-0.2, 0) is 20.7 Å². The number of anilines is 1. The van der Waals surface area contributed by atoms with Gasteiger partial charge >= 0.3 is 12.3 Å². The number of nitrogens with one attached hydrogen (secondary N) is 1. The zero-order chi connectivity index (χ0) is 21.4. The Bertz CT molecular complexity index is 890. The maximum Gasteiger partial charge on any atom is 0.573 e. The first-order chi connectivity index (χ1) is 13.7. The largest absolute Gasteiger partial charge is 0.573 e. The van der Waals surface area contributed by atoms with Gasteiger partial charge in [-0.25, -0.2) is 4.79 Å². The minimum absolute atomic E-state index is 0.364. The first-order valence-electron chi connectivity index (χ1n) is 8.77. The summed E-state index contributed by atoms with van der Waals surface area (Å²) in [5.41, 5.74) is 3.05. The highest BCUT2D eigenvalue weighted by atomic mass is 19.4. The predicted octanol–water partition coefficient (Wildman–Crippen LogP) is 4.65. The lowest BCUT2D eigenvalue weighted by molar-refractivity contribution is -0.274. The molecule has 0 saturated carbocycles. The number of benzene rings is 2. The lowest BCUT2D eigenvalue weighted by Crippen LogP contribution is -2.21. The van der Waals surface area contributed by atoms with E-state index in [1.165, 1.54) is 18.2 Å². The van der Waals surface area contributed by atoms with Crippen LogP contribution in [0.2, 0.25) is 0 Å². The molecular weight excluding hydrogens is 387 g/mol. The Balaban J connectivity index is 1.86. The number of carbonyl (C=O) groups is 2. The fraction of sp³-hybridized carbons (Fsp3) is 0.238. The van der Waals surface area contributed by atoms with E-state index in [2.05, 4.69) is 10.1 Å². The number of hydrogen-bond donors (Lipinski definition) is 1. The molecule has 0 heterocycles. The quantitative estimate of drug-likeness (QED) is 0.536. The van der Waals surface area contributed by atoms with E-state index in [9.17, 15) is 22.8 Å². The van der Waals surface area contributed by atoms with E-state index in [4.69, 9.17) is 4.74 Å². The molecule has 0 fully saturated rings. The number of ether oxygens (including phenoxy) is 2. The van der Waals surface area contributed by atoms with Gasteiger partial charge in [-0.3, -0.25) is 4.79 Å². The van der Waals surface area contributed by atoms with Crippen LogP contribution in [0.4, 0.5) is 18.9 Å². The Morgan fingerprint density at radius 2 is 1.79 bits per heavy atom. The summed E-state index contributed by atoms with van der Waals surface area (Å²) in [6, 6.07) is 10.6. The molecule has 2 aromatic rings. The van der Waals surface area contributed by atoms with E-state index < -0.39 is 24.8 Å². The maximum absolute atomic E-state index is 12.1. The van der Waals surface area contributed by atoms with Crippen LogP contribution in [0.15, 0.2) is 48.5 Å². The molecule has 0 aromatic heterocycles. The van der Waals surface area contributed by atoms with E-state index in [-0.39, 0.29) is 5.75 Å². The van der Waals surface area contributed by atoms with Crippen molar-refractivity contribution in [3.05, 3.63) is 65.2 Å². The summed E-state index contributed by atoms with van der Waals surface area (Å²) in [6.45, 7) is 3.38. The van der Waals surface area contributed by atoms with Crippen LogP contribution in [0.3, 0.4) is 0 Å². The van der Waals surface area contributed by atoms with Gasteiger partial charge < -0.3 is 14.8 Å². The molecule has 0 saturated heterocycles. The number of hydrogen-bond acceptors (Lipinski definition) is 4. The van der Waals surface area contributed by atoms with Crippen molar-refractivity contribution in [3.8, 4) is 5.75 Å². The number of halogens is 3. The summed E-state index contributed by atoms with van der Waals surface area (Å²) in [5.74, 6) is -1.59. The number of alkyl halides is 3. The Morgan fingerprint density at radius 1 is 1.10 bits per heavy atom. The van der Waals surface area contributed by atoms with Crippen molar-refractivity contribution in [2.45, 2.75) is 26.6 Å². The van der Waals surface area contributed by atoms with Crippen molar-refractivity contribution < 1.29 is 32.2 Å². The van der Waals surface area contributed by atoms with Crippen molar-refractivity contribution in [2.75, 3.05) is 11.9 Å². The van der Waals surface area contributed by atoms with Crippen molar-refractivity contribution in [2.24, 2.45) is 0 Å². The third-order valence-electron chi connectivity index (χ3n) is 3.88. The Morgan fingerprint density at radius 3 is 2.41 bits per heavy atom. The van der Waals surface area contributed by atoms with Crippen molar-refractivity contribution >= 4 is 23.6 Å². The van der Waals surface area contributed by atoms with E-state index in [1.54, 1.807) is 0 Å². The Labute approximate surface area is 166 Å². The van der Waals surface area contributed by atoms with Gasteiger partial charge in [0.05, 0.1) is 0 Å². The van der Waals surface area contributed by atoms with Crippen molar-refractivity contribution in [1.82, 2.24) is 0 Å². The Kier molecular flexibility index (Phi) is 7.41. The van der Waals surface area contributed by atoms with Crippen molar-refractivity contribution in [3.63, 3.8) is 0 Å². The Hall–Kier alpha value is -3.29. The summed E-state index contributed by atoms with van der Waals surface area (Å²) in [6.07, 6.45) is -1.59. The van der Waals surface area contributed by atoms with Crippen molar-refractivity contribution in [1.29, 1.82) is 0 Å². The SMILES string of the molecule is CCc1cccc(C)c1NC(=O)COC(=O)/C=C/c1ccc(OC(F)(F)F)cc1. The monoisotopic (exact) mass is 407 g/mol. The molecule has 1 N–H and O–H groups in total. The van der Waals surface area contributed by atoms with Crippen LogP contribution in [0.25, 0.3) is 6.08 Å². The minimum atomic E-state index is -4.77. The molecule has 0 aliphatic rings. The van der Waals surface area contributed by atoms with Gasteiger partial charge in [0.25, 0.3) is 5.91 Å². The molecule has 0 spiro atoms. The lowest BCUT2D eigenvalue weighted by Gasteiger charge is -2.12. The topological polar surface area (TPSA) is 64.6 Å². The van der Waals surface area contributed by atoms with Gasteiger partial charge in [-0.2, -0.15) is 0 Å². The van der Waals surface area contributed by atoms with Crippen LogP contribution in [0, 0.1) is 6.92 Å². The average molecular weight is 407 g/mol. The minimum Gasteiger partial charge on any atom is -0.452 e. The molecule has 154 valence electrons. The van der Waals surface area contributed by atoms with Gasteiger partial charge in [-0.1, -0.05) is 37.3 Å². The molecule has 2 rings (SSSR count). The highest BCUT2D eigenvalue weighted by Gasteiger charge is 2.30. The maximum atomic E-state index is 12.1. The van der Waals surface area contributed by atoms with Gasteiger partial charge in [-0.15, -0.1) is 13.2 Å². The van der Waals surface area contributed by atoms with Crippen LogP contribution < -0.4 is 10.1 Å². The van der Waals surface area contributed by atoms with Gasteiger partial charge in [-0.05, 0) is 48.2 Å². The van der Waals surface area contributed by atoms with E-state index in [1.807, 2.05) is 32.0 Å². The first-order valence-corrected chi connectivity index (χ1v) is 8.77. The molecule has 2 aromatic carbocycles. The number of carbonyl (C=O) groups excluding carboxylic acids is 2. The molecule has 29 heavy (non-hydrogen) atoms. The number of para-hydroxylation sites is 1. The molecular formula is C21H20F3NO4. The van der Waals surface area contributed by atoms with Gasteiger partial charge in [0.15, 0.2) is 6.61 Å². The zero-order valence-corrected chi connectivity index (χ0v) is 15.9. The molecule has 0 bridgehead atoms. The fourth-order valence-corrected chi connectivity index (χ4v) is 2.51. The van der Waals surface area contributed by atoms with Gasteiger partial charge in [0.2, 0.25) is 0 Å². The normalized spacial score (nSPS) is 11.3. The number of esters is 1. The second kappa shape index (κ2) is 9.77. The fourth-order valence-electron chi connectivity index (χ4n) is 2.51. The van der Waals surface area contributed by atoms with E-state index in [0.717, 1.165) is 35.8 Å². The highest BCUT2D eigenvalue weighted by molar-refractivity contribution is 5.95. The summed E-state index contributed by atoms with van der Waals surface area (Å²) in [7, 11) is 0. The molecule has 0 aliphatic carbocycles. The molecule has 1 amide bonds. The number of rotatable bonds is 7. The van der Waals surface area contributed by atoms with E-state index >= 15 is 0 Å². The molecule has 0 unspecified atom stereocenters. The standard InChI is InChI=1S/C21H20F3NO4/c1-3-16-6-4-5-14(2)20(16)25-18(26)13-28-19(27)12-9-15-7-10-17(11-8-15)29-21(22,23)24/h4-12H,3,13H2,1-2H3,(H,25,26)/b12-9+. The van der Waals surface area contributed by atoms with Gasteiger partial charge in [0, 0.05) is 11.8 Å². The van der Waals surface area contributed by atoms with E-state index in [0.29, 0.717) is 11.3 Å². The van der Waals surface area contributed by atoms with Crippen LogP contribution in [-0.4, -0.2) is 24.8 Å². The van der Waals surface area contributed by atoms with Crippen LogP contribution in [0.1, 0.15) is 23.6 Å². The summed E-state index contributed by atoms with van der Waals surface area (Å²) >= 11 is 0. The molecule has 0 aliphatic heterocycles. The summed E-state index contributed by atoms with van der Waals surface area (Å²) in [4.78, 5) is 23.8. The number of amides is 1. The third kappa shape index (κ3) is 7.33. The predicted molar refractivity (Wildman–Crippen MR) is 102 cm³/mol. The summed E-state index contributed by atoms with van der Waals surface area (Å²) in [5, 5.41) is 2.74. The highest BCUT2D eigenvalue weighted by Crippen LogP contribution is 2.23.